The summed E-state index contributed by atoms with van der Waals surface area (Å²) in [5, 5.41) is 22.5. The minimum absolute atomic E-state index is 0.0494. The number of thiazole rings is 1. The van der Waals surface area contributed by atoms with E-state index < -0.39 is 4.92 Å². The molecular weight excluding hydrogens is 268 g/mol. The minimum atomic E-state index is -0.433. The number of hydrogen-bond donors (Lipinski definition) is 2. The van der Waals surface area contributed by atoms with Crippen molar-refractivity contribution >= 4 is 27.9 Å². The van der Waals surface area contributed by atoms with Crippen molar-refractivity contribution in [3.05, 3.63) is 39.6 Å². The zero-order valence-corrected chi connectivity index (χ0v) is 10.7. The Morgan fingerprint density at radius 3 is 3.16 bits per heavy atom. The predicted octanol–water partition coefficient (Wildman–Crippen LogP) is 2.20. The van der Waals surface area contributed by atoms with Crippen molar-refractivity contribution in [2.45, 2.75) is 13.0 Å². The van der Waals surface area contributed by atoms with E-state index in [9.17, 15) is 10.1 Å². The van der Waals surface area contributed by atoms with Gasteiger partial charge in [0.2, 0.25) is 5.82 Å². The quantitative estimate of drug-likeness (QED) is 0.562. The van der Waals surface area contributed by atoms with Crippen LogP contribution >= 0.6 is 11.3 Å². The van der Waals surface area contributed by atoms with Crippen LogP contribution in [0.25, 0.3) is 4.96 Å². The summed E-state index contributed by atoms with van der Waals surface area (Å²) in [6.07, 6.45) is 5.04. The van der Waals surface area contributed by atoms with Crippen molar-refractivity contribution in [3.8, 4) is 0 Å². The zero-order chi connectivity index (χ0) is 13.4. The number of aromatic amines is 1. The molecule has 98 valence electrons. The molecule has 1 unspecified atom stereocenters. The number of anilines is 1. The molecule has 0 saturated carbocycles. The van der Waals surface area contributed by atoms with Crippen LogP contribution in [0.3, 0.4) is 0 Å². The van der Waals surface area contributed by atoms with Gasteiger partial charge in [0.1, 0.15) is 6.20 Å². The Morgan fingerprint density at radius 1 is 1.63 bits per heavy atom. The lowest BCUT2D eigenvalue weighted by molar-refractivity contribution is -0.389. The summed E-state index contributed by atoms with van der Waals surface area (Å²) in [7, 11) is 0. The number of nitrogens with one attached hydrogen (secondary N) is 2. The van der Waals surface area contributed by atoms with E-state index >= 15 is 0 Å². The lowest BCUT2D eigenvalue weighted by atomic mass is 10.2. The van der Waals surface area contributed by atoms with Crippen molar-refractivity contribution < 1.29 is 4.92 Å². The number of hydrogen-bond acceptors (Lipinski definition) is 6. The molecule has 3 heterocycles. The first-order chi connectivity index (χ1) is 9.16. The van der Waals surface area contributed by atoms with Gasteiger partial charge in [-0.2, -0.15) is 14.5 Å². The first-order valence-corrected chi connectivity index (χ1v) is 6.40. The highest BCUT2D eigenvalue weighted by molar-refractivity contribution is 7.15. The number of aromatic nitrogens is 4. The van der Waals surface area contributed by atoms with Gasteiger partial charge in [-0.3, -0.25) is 5.10 Å². The monoisotopic (exact) mass is 278 g/mol. The highest BCUT2D eigenvalue weighted by atomic mass is 32.1. The molecule has 0 radical (unpaired) electrons. The topological polar surface area (TPSA) is 101 Å². The predicted molar refractivity (Wildman–Crippen MR) is 70.3 cm³/mol. The van der Waals surface area contributed by atoms with Crippen LogP contribution < -0.4 is 5.32 Å². The van der Waals surface area contributed by atoms with Gasteiger partial charge in [-0.25, -0.2) is 0 Å². The molecule has 0 saturated heterocycles. The van der Waals surface area contributed by atoms with Crippen molar-refractivity contribution in [1.29, 1.82) is 0 Å². The average molecular weight is 278 g/mol. The van der Waals surface area contributed by atoms with Crippen molar-refractivity contribution in [2.24, 2.45) is 0 Å². The van der Waals surface area contributed by atoms with Crippen LogP contribution in [0.2, 0.25) is 0 Å². The number of fused-ring (bicyclic) bond motifs is 1. The van der Waals surface area contributed by atoms with Gasteiger partial charge in [0.25, 0.3) is 4.96 Å². The molecule has 3 aromatic heterocycles. The molecule has 0 amide bonds. The number of rotatable bonds is 4. The van der Waals surface area contributed by atoms with Crippen molar-refractivity contribution in [2.75, 3.05) is 5.32 Å². The van der Waals surface area contributed by atoms with E-state index in [0.717, 1.165) is 5.56 Å². The van der Waals surface area contributed by atoms with Crippen LogP contribution in [0.15, 0.2) is 24.0 Å². The molecule has 0 aliphatic carbocycles. The fourth-order valence-corrected chi connectivity index (χ4v) is 2.54. The van der Waals surface area contributed by atoms with Gasteiger partial charge in [0.15, 0.2) is 0 Å². The van der Waals surface area contributed by atoms with Crippen LogP contribution in [0.1, 0.15) is 18.5 Å². The second-order valence-electron chi connectivity index (χ2n) is 3.99. The largest absolute Gasteiger partial charge is 0.372 e. The van der Waals surface area contributed by atoms with Crippen molar-refractivity contribution in [1.82, 2.24) is 19.6 Å². The highest BCUT2D eigenvalue weighted by Gasteiger charge is 2.24. The fourth-order valence-electron chi connectivity index (χ4n) is 1.83. The molecule has 1 atom stereocenters. The summed E-state index contributed by atoms with van der Waals surface area (Å²) in [5.41, 5.74) is 0.908. The van der Waals surface area contributed by atoms with Crippen LogP contribution in [-0.4, -0.2) is 24.5 Å². The Hall–Kier alpha value is -2.42. The van der Waals surface area contributed by atoms with E-state index in [4.69, 9.17) is 0 Å². The fraction of sp³-hybridized carbons (Fsp3) is 0.200. The summed E-state index contributed by atoms with van der Waals surface area (Å²) >= 11 is 1.35. The lowest BCUT2D eigenvalue weighted by Crippen LogP contribution is -2.08. The third kappa shape index (κ3) is 1.93. The SMILES string of the molecule is CC(Nc1nc2sccn2c1[N+](=O)[O-])c1cn[nH]c1. The second kappa shape index (κ2) is 4.35. The minimum Gasteiger partial charge on any atom is -0.358 e. The first-order valence-electron chi connectivity index (χ1n) is 5.52. The van der Waals surface area contributed by atoms with Crippen LogP contribution in [0.5, 0.6) is 0 Å². The number of nitrogens with zero attached hydrogens (tertiary/aromatic N) is 4. The Bertz CT molecular complexity index is 716. The van der Waals surface area contributed by atoms with Gasteiger partial charge in [0.05, 0.1) is 12.2 Å². The summed E-state index contributed by atoms with van der Waals surface area (Å²) < 4.78 is 1.47. The Balaban J connectivity index is 1.98. The summed E-state index contributed by atoms with van der Waals surface area (Å²) in [5.74, 6) is 0.220. The molecule has 0 spiro atoms. The molecule has 3 rings (SSSR count). The third-order valence-corrected chi connectivity index (χ3v) is 3.54. The first kappa shape index (κ1) is 11.7. The van der Waals surface area contributed by atoms with Gasteiger partial charge >= 0.3 is 5.82 Å². The van der Waals surface area contributed by atoms with Crippen molar-refractivity contribution in [3.63, 3.8) is 0 Å². The Morgan fingerprint density at radius 2 is 2.47 bits per heavy atom. The van der Waals surface area contributed by atoms with E-state index in [0.29, 0.717) is 4.96 Å². The van der Waals surface area contributed by atoms with Gasteiger partial charge in [-0.05, 0) is 11.8 Å². The maximum atomic E-state index is 11.2. The molecule has 0 bridgehead atoms. The molecule has 0 aromatic carbocycles. The van der Waals surface area contributed by atoms with Crippen LogP contribution in [-0.2, 0) is 0 Å². The second-order valence-corrected chi connectivity index (χ2v) is 4.87. The van der Waals surface area contributed by atoms with E-state index in [1.165, 1.54) is 15.7 Å². The van der Waals surface area contributed by atoms with E-state index in [-0.39, 0.29) is 17.7 Å². The van der Waals surface area contributed by atoms with Gasteiger partial charge < -0.3 is 15.4 Å². The van der Waals surface area contributed by atoms with Crippen LogP contribution in [0, 0.1) is 10.1 Å². The number of nitro groups is 1. The molecule has 0 aliphatic rings. The number of imidazole rings is 1. The summed E-state index contributed by atoms with van der Waals surface area (Å²) in [6.45, 7) is 1.89. The molecule has 0 fully saturated rings. The highest BCUT2D eigenvalue weighted by Crippen LogP contribution is 2.30. The maximum Gasteiger partial charge on any atom is 0.372 e. The smallest absolute Gasteiger partial charge is 0.358 e. The van der Waals surface area contributed by atoms with Gasteiger partial charge in [-0.1, -0.05) is 11.3 Å². The molecule has 2 N–H and O–H groups in total. The zero-order valence-electron chi connectivity index (χ0n) is 9.90. The number of H-pyrrole nitrogens is 1. The molecule has 3 aromatic rings. The standard InChI is InChI=1S/C10H10N6O2S/c1-6(7-4-11-12-5-7)13-8-9(16(17)18)15-2-3-19-10(15)14-8/h2-6,13H,1H3,(H,11,12). The molecular formula is C10H10N6O2S. The van der Waals surface area contributed by atoms with Gasteiger partial charge in [0, 0.05) is 17.1 Å². The van der Waals surface area contributed by atoms with E-state index in [1.807, 2.05) is 6.92 Å². The molecule has 19 heavy (non-hydrogen) atoms. The third-order valence-electron chi connectivity index (χ3n) is 2.78. The van der Waals surface area contributed by atoms with E-state index in [2.05, 4.69) is 20.5 Å². The summed E-state index contributed by atoms with van der Waals surface area (Å²) in [4.78, 5) is 15.6. The van der Waals surface area contributed by atoms with Crippen LogP contribution in [0.4, 0.5) is 11.6 Å². The molecule has 0 aliphatic heterocycles. The summed E-state index contributed by atoms with van der Waals surface area (Å²) in [6, 6.07) is -0.123. The average Bonchev–Trinajstić information content (AvgIpc) is 3.03. The van der Waals surface area contributed by atoms with E-state index in [1.54, 1.807) is 24.0 Å². The molecule has 9 heteroatoms. The van der Waals surface area contributed by atoms with Gasteiger partial charge in [-0.15, -0.1) is 0 Å². The normalized spacial score (nSPS) is 12.7. The molecule has 8 nitrogen and oxygen atoms in total. The Labute approximate surface area is 111 Å². The Kier molecular flexibility index (Phi) is 2.67. The maximum absolute atomic E-state index is 11.2. The lowest BCUT2D eigenvalue weighted by Gasteiger charge is -2.10.